The van der Waals surface area contributed by atoms with Crippen LogP contribution in [0.15, 0.2) is 47.6 Å². The van der Waals surface area contributed by atoms with Crippen molar-refractivity contribution in [2.75, 3.05) is 18.6 Å². The Morgan fingerprint density at radius 2 is 1.96 bits per heavy atom. The molecule has 0 saturated carbocycles. The lowest BCUT2D eigenvalue weighted by Crippen LogP contribution is -2.13. The van der Waals surface area contributed by atoms with Crippen LogP contribution in [-0.4, -0.2) is 36.4 Å². The number of imidazole rings is 1. The summed E-state index contributed by atoms with van der Waals surface area (Å²) in [6, 6.07) is 10.4. The molecule has 0 spiro atoms. The molecule has 3 heterocycles. The molecular formula is C17H15ClN2O4S3. The highest BCUT2D eigenvalue weighted by atomic mass is 35.5. The fourth-order valence-corrected chi connectivity index (χ4v) is 7.18. The number of pyridine rings is 1. The fraction of sp³-hybridized carbons (Fsp3) is 0.235. The number of thioether (sulfide) groups is 2. The molecule has 1 fully saturated rings. The normalized spacial score (nSPS) is 15.3. The molecule has 0 amide bonds. The quantitative estimate of drug-likeness (QED) is 0.547. The van der Waals surface area contributed by atoms with E-state index in [1.807, 2.05) is 35.7 Å². The van der Waals surface area contributed by atoms with Gasteiger partial charge in [0.2, 0.25) is 5.03 Å². The number of benzene rings is 1. The van der Waals surface area contributed by atoms with Crippen LogP contribution in [0.5, 0.6) is 11.5 Å². The smallest absolute Gasteiger partial charge is 0.358 e. The topological polar surface area (TPSA) is 69.9 Å². The summed E-state index contributed by atoms with van der Waals surface area (Å²) in [5.74, 6) is 2.65. The van der Waals surface area contributed by atoms with Gasteiger partial charge in [0.15, 0.2) is 16.7 Å². The van der Waals surface area contributed by atoms with Gasteiger partial charge in [-0.05, 0) is 29.8 Å². The molecule has 27 heavy (non-hydrogen) atoms. The van der Waals surface area contributed by atoms with Crippen molar-refractivity contribution in [3.05, 3.63) is 53.3 Å². The molecule has 2 aromatic heterocycles. The van der Waals surface area contributed by atoms with E-state index in [0.717, 1.165) is 17.1 Å². The van der Waals surface area contributed by atoms with Gasteiger partial charge in [0.1, 0.15) is 5.65 Å². The molecule has 6 nitrogen and oxygen atoms in total. The first-order chi connectivity index (χ1) is 13.0. The van der Waals surface area contributed by atoms with Crippen molar-refractivity contribution in [2.45, 2.75) is 9.61 Å². The number of rotatable bonds is 5. The van der Waals surface area contributed by atoms with E-state index in [2.05, 4.69) is 4.98 Å². The molecule has 0 aliphatic carbocycles. The van der Waals surface area contributed by atoms with Gasteiger partial charge in [-0.1, -0.05) is 23.7 Å². The lowest BCUT2D eigenvalue weighted by atomic mass is 10.2. The number of methoxy groups -OCH3 is 1. The van der Waals surface area contributed by atoms with E-state index < -0.39 is 10.1 Å². The number of nitrogens with zero attached hydrogens (tertiary/aromatic N) is 2. The Labute approximate surface area is 170 Å². The van der Waals surface area contributed by atoms with E-state index in [1.165, 1.54) is 11.5 Å². The number of fused-ring (bicyclic) bond motifs is 1. The largest absolute Gasteiger partial charge is 0.493 e. The molecule has 0 N–H and O–H groups in total. The molecule has 0 unspecified atom stereocenters. The highest BCUT2D eigenvalue weighted by Crippen LogP contribution is 2.47. The van der Waals surface area contributed by atoms with Crippen molar-refractivity contribution in [1.29, 1.82) is 0 Å². The van der Waals surface area contributed by atoms with E-state index in [-0.39, 0.29) is 15.9 Å². The molecule has 0 atom stereocenters. The Morgan fingerprint density at radius 3 is 2.70 bits per heavy atom. The molecule has 1 aliphatic rings. The van der Waals surface area contributed by atoms with E-state index in [4.69, 9.17) is 20.5 Å². The summed E-state index contributed by atoms with van der Waals surface area (Å²) in [5.41, 5.74) is 1.49. The third-order valence-corrected chi connectivity index (χ3v) is 8.71. The summed E-state index contributed by atoms with van der Waals surface area (Å²) in [6.07, 6.45) is 1.57. The fourth-order valence-electron chi connectivity index (χ4n) is 2.78. The van der Waals surface area contributed by atoms with E-state index in [9.17, 15) is 8.42 Å². The Kier molecular flexibility index (Phi) is 5.19. The monoisotopic (exact) mass is 442 g/mol. The summed E-state index contributed by atoms with van der Waals surface area (Å²) in [6.45, 7) is 0. The zero-order valence-electron chi connectivity index (χ0n) is 14.2. The van der Waals surface area contributed by atoms with Crippen LogP contribution in [0, 0.1) is 0 Å². The van der Waals surface area contributed by atoms with Crippen LogP contribution < -0.4 is 8.92 Å². The van der Waals surface area contributed by atoms with Gasteiger partial charge in [-0.2, -0.15) is 8.42 Å². The molecule has 1 aromatic carbocycles. The first kappa shape index (κ1) is 18.8. The predicted molar refractivity (Wildman–Crippen MR) is 109 cm³/mol. The maximum atomic E-state index is 12.9. The number of hydrogen-bond donors (Lipinski definition) is 0. The van der Waals surface area contributed by atoms with Gasteiger partial charge in [0.25, 0.3) is 0 Å². The lowest BCUT2D eigenvalue weighted by Gasteiger charge is -2.14. The predicted octanol–water partition coefficient (Wildman–Crippen LogP) is 4.24. The molecule has 0 radical (unpaired) electrons. The minimum absolute atomic E-state index is 0.108. The Bertz CT molecular complexity index is 1090. The second kappa shape index (κ2) is 7.46. The van der Waals surface area contributed by atoms with Crippen molar-refractivity contribution in [1.82, 2.24) is 9.38 Å². The van der Waals surface area contributed by atoms with Gasteiger partial charge in [0, 0.05) is 17.7 Å². The van der Waals surface area contributed by atoms with Crippen molar-refractivity contribution in [3.63, 3.8) is 0 Å². The SMILES string of the molecule is COc1cc(C2SCCS2)ccc1OS(=O)(=O)c1c(Cl)nc2ccccn12. The molecular weight excluding hydrogens is 428 g/mol. The zero-order chi connectivity index (χ0) is 19.0. The third kappa shape index (κ3) is 3.61. The minimum atomic E-state index is -4.21. The highest BCUT2D eigenvalue weighted by molar-refractivity contribution is 8.19. The highest BCUT2D eigenvalue weighted by Gasteiger charge is 2.28. The van der Waals surface area contributed by atoms with Crippen LogP contribution in [0.2, 0.25) is 5.15 Å². The summed E-state index contributed by atoms with van der Waals surface area (Å²) in [7, 11) is -2.73. The minimum Gasteiger partial charge on any atom is -0.493 e. The summed E-state index contributed by atoms with van der Waals surface area (Å²) >= 11 is 9.78. The maximum Gasteiger partial charge on any atom is 0.358 e. The first-order valence-electron chi connectivity index (χ1n) is 7.98. The lowest BCUT2D eigenvalue weighted by molar-refractivity contribution is 0.389. The summed E-state index contributed by atoms with van der Waals surface area (Å²) in [4.78, 5) is 4.06. The number of ether oxygens (including phenoxy) is 1. The Balaban J connectivity index is 1.71. The maximum absolute atomic E-state index is 12.9. The van der Waals surface area contributed by atoms with Crippen LogP contribution in [0.1, 0.15) is 10.1 Å². The van der Waals surface area contributed by atoms with Crippen LogP contribution in [0.25, 0.3) is 5.65 Å². The second-order valence-electron chi connectivity index (χ2n) is 5.66. The van der Waals surface area contributed by atoms with Crippen LogP contribution in [0.4, 0.5) is 0 Å². The van der Waals surface area contributed by atoms with Gasteiger partial charge in [0.05, 0.1) is 11.7 Å². The first-order valence-corrected chi connectivity index (χ1v) is 11.9. The molecule has 4 rings (SSSR count). The van der Waals surface area contributed by atoms with Crippen LogP contribution in [0.3, 0.4) is 0 Å². The van der Waals surface area contributed by atoms with Gasteiger partial charge < -0.3 is 8.92 Å². The molecule has 0 bridgehead atoms. The molecule has 3 aromatic rings. The van der Waals surface area contributed by atoms with Crippen molar-refractivity contribution in [3.8, 4) is 11.5 Å². The molecule has 1 aliphatic heterocycles. The van der Waals surface area contributed by atoms with Gasteiger partial charge in [-0.15, -0.1) is 23.5 Å². The molecule has 142 valence electrons. The average Bonchev–Trinajstić information content (AvgIpc) is 3.28. The van der Waals surface area contributed by atoms with Gasteiger partial charge in [-0.25, -0.2) is 4.98 Å². The van der Waals surface area contributed by atoms with Crippen LogP contribution >= 0.6 is 35.1 Å². The summed E-state index contributed by atoms with van der Waals surface area (Å²) < 4.78 is 38.2. The molecule has 10 heteroatoms. The van der Waals surface area contributed by atoms with Crippen molar-refractivity contribution in [2.24, 2.45) is 0 Å². The zero-order valence-corrected chi connectivity index (χ0v) is 17.4. The van der Waals surface area contributed by atoms with E-state index >= 15 is 0 Å². The standard InChI is InChI=1S/C17H15ClN2O4S3/c1-23-13-10-11(17-25-8-9-26-17)5-6-12(13)24-27(21,22)16-15(18)19-14-4-2-3-7-20(14)16/h2-7,10,17H,8-9H2,1H3. The number of aromatic nitrogens is 2. The number of halogens is 1. The Morgan fingerprint density at radius 1 is 1.19 bits per heavy atom. The van der Waals surface area contributed by atoms with Gasteiger partial charge in [-0.3, -0.25) is 4.40 Å². The van der Waals surface area contributed by atoms with Crippen molar-refractivity contribution < 1.29 is 17.3 Å². The van der Waals surface area contributed by atoms with Gasteiger partial charge >= 0.3 is 10.1 Å². The Hall–Kier alpha value is -1.55. The average molecular weight is 443 g/mol. The second-order valence-corrected chi connectivity index (χ2v) is 10.2. The van der Waals surface area contributed by atoms with Crippen molar-refractivity contribution >= 4 is 50.9 Å². The summed E-state index contributed by atoms with van der Waals surface area (Å²) in [5, 5.41) is -0.358. The molecule has 1 saturated heterocycles. The van der Waals surface area contributed by atoms with Crippen LogP contribution in [-0.2, 0) is 10.1 Å². The third-order valence-electron chi connectivity index (χ3n) is 3.96. The van der Waals surface area contributed by atoms with E-state index in [0.29, 0.717) is 16.0 Å². The number of hydrogen-bond acceptors (Lipinski definition) is 7. The van der Waals surface area contributed by atoms with E-state index in [1.54, 1.807) is 30.5 Å².